The predicted molar refractivity (Wildman–Crippen MR) is 36.4 cm³/mol. The van der Waals surface area contributed by atoms with Crippen LogP contribution in [-0.4, -0.2) is 0 Å². The van der Waals surface area contributed by atoms with Crippen LogP contribution in [0.2, 0.25) is 0 Å². The zero-order valence-electron chi connectivity index (χ0n) is 5.76. The van der Waals surface area contributed by atoms with Gasteiger partial charge < -0.3 is 4.84 Å². The first-order valence-corrected chi connectivity index (χ1v) is 3.38. The third kappa shape index (κ3) is 1.72. The lowest BCUT2D eigenvalue weighted by atomic mass is 9.95. The molecular formula is C7H13NO. The maximum atomic E-state index is 5.00. The van der Waals surface area contributed by atoms with Gasteiger partial charge in [0.2, 0.25) is 0 Å². The smallest absolute Gasteiger partial charge is 0.120 e. The van der Waals surface area contributed by atoms with Gasteiger partial charge in [0, 0.05) is 6.42 Å². The summed E-state index contributed by atoms with van der Waals surface area (Å²) in [6.45, 7) is 2.21. The van der Waals surface area contributed by atoms with Crippen molar-refractivity contribution in [2.45, 2.75) is 26.2 Å². The molecule has 2 N–H and O–H groups in total. The molecule has 1 aliphatic carbocycles. The molecule has 2 heteroatoms. The SMILES string of the molecule is CC1CCC=C(ON)C1. The minimum atomic E-state index is 0.744. The number of hydrogen-bond acceptors (Lipinski definition) is 2. The van der Waals surface area contributed by atoms with Gasteiger partial charge in [0.25, 0.3) is 0 Å². The van der Waals surface area contributed by atoms with Crippen LogP contribution in [0.1, 0.15) is 26.2 Å². The summed E-state index contributed by atoms with van der Waals surface area (Å²) in [5.74, 6) is 6.69. The lowest BCUT2D eigenvalue weighted by Crippen LogP contribution is -2.08. The van der Waals surface area contributed by atoms with Crippen LogP contribution in [0.3, 0.4) is 0 Å². The highest BCUT2D eigenvalue weighted by Crippen LogP contribution is 2.22. The molecule has 9 heavy (non-hydrogen) atoms. The molecule has 0 aliphatic heterocycles. The third-order valence-corrected chi connectivity index (χ3v) is 1.73. The molecule has 1 aliphatic rings. The second kappa shape index (κ2) is 2.87. The van der Waals surface area contributed by atoms with Crippen LogP contribution in [0.15, 0.2) is 11.8 Å². The first-order valence-electron chi connectivity index (χ1n) is 3.38. The largest absolute Gasteiger partial charge is 0.416 e. The van der Waals surface area contributed by atoms with Crippen molar-refractivity contribution in [2.75, 3.05) is 0 Å². The predicted octanol–water partition coefficient (Wildman–Crippen LogP) is 1.58. The fraction of sp³-hybridized carbons (Fsp3) is 0.714. The summed E-state index contributed by atoms with van der Waals surface area (Å²) in [7, 11) is 0. The molecule has 0 heterocycles. The molecule has 52 valence electrons. The summed E-state index contributed by atoms with van der Waals surface area (Å²) in [5.41, 5.74) is 0. The Hall–Kier alpha value is -0.500. The molecule has 0 radical (unpaired) electrons. The van der Waals surface area contributed by atoms with E-state index < -0.39 is 0 Å². The highest BCUT2D eigenvalue weighted by molar-refractivity contribution is 4.97. The monoisotopic (exact) mass is 127 g/mol. The molecule has 0 aromatic carbocycles. The van der Waals surface area contributed by atoms with Gasteiger partial charge in [-0.3, -0.25) is 0 Å². The summed E-state index contributed by atoms with van der Waals surface area (Å²) in [6.07, 6.45) is 5.47. The lowest BCUT2D eigenvalue weighted by molar-refractivity contribution is 0.190. The fourth-order valence-corrected chi connectivity index (χ4v) is 1.15. The van der Waals surface area contributed by atoms with Crippen LogP contribution in [0.5, 0.6) is 0 Å². The van der Waals surface area contributed by atoms with Gasteiger partial charge in [0.15, 0.2) is 0 Å². The molecule has 0 aromatic heterocycles. The molecule has 0 spiro atoms. The average Bonchev–Trinajstić information content (AvgIpc) is 1.88. The number of nitrogens with two attached hydrogens (primary N) is 1. The number of rotatable bonds is 1. The molecule has 0 saturated carbocycles. The van der Waals surface area contributed by atoms with E-state index in [1.54, 1.807) is 0 Å². The number of allylic oxidation sites excluding steroid dienone is 2. The molecule has 0 aromatic rings. The lowest BCUT2D eigenvalue weighted by Gasteiger charge is -2.16. The van der Waals surface area contributed by atoms with Gasteiger partial charge in [-0.2, -0.15) is 5.90 Å². The van der Waals surface area contributed by atoms with Crippen LogP contribution < -0.4 is 5.90 Å². The van der Waals surface area contributed by atoms with Gasteiger partial charge in [-0.1, -0.05) is 6.92 Å². The Morgan fingerprint density at radius 1 is 1.78 bits per heavy atom. The average molecular weight is 127 g/mol. The Balaban J connectivity index is 2.43. The van der Waals surface area contributed by atoms with Gasteiger partial charge in [0.1, 0.15) is 5.76 Å². The summed E-state index contributed by atoms with van der Waals surface area (Å²) in [6, 6.07) is 0. The van der Waals surface area contributed by atoms with Crippen molar-refractivity contribution in [1.82, 2.24) is 0 Å². The Bertz CT molecular complexity index is 120. The summed E-state index contributed by atoms with van der Waals surface area (Å²) >= 11 is 0. The van der Waals surface area contributed by atoms with Crippen LogP contribution in [0.4, 0.5) is 0 Å². The maximum absolute atomic E-state index is 5.00. The van der Waals surface area contributed by atoms with E-state index in [0.29, 0.717) is 0 Å². The minimum Gasteiger partial charge on any atom is -0.416 e. The van der Waals surface area contributed by atoms with E-state index >= 15 is 0 Å². The van der Waals surface area contributed by atoms with Crippen molar-refractivity contribution in [1.29, 1.82) is 0 Å². The normalized spacial score (nSPS) is 27.3. The molecule has 0 amide bonds. The van der Waals surface area contributed by atoms with Crippen LogP contribution in [0.25, 0.3) is 0 Å². The second-order valence-corrected chi connectivity index (χ2v) is 2.67. The van der Waals surface area contributed by atoms with Crippen molar-refractivity contribution >= 4 is 0 Å². The molecule has 1 rings (SSSR count). The molecule has 0 bridgehead atoms. The zero-order valence-corrected chi connectivity index (χ0v) is 5.76. The van der Waals surface area contributed by atoms with E-state index in [1.807, 2.05) is 0 Å². The molecule has 2 nitrogen and oxygen atoms in total. The topological polar surface area (TPSA) is 35.2 Å². The van der Waals surface area contributed by atoms with E-state index in [2.05, 4.69) is 17.8 Å². The van der Waals surface area contributed by atoms with Gasteiger partial charge in [-0.25, -0.2) is 0 Å². The summed E-state index contributed by atoms with van der Waals surface area (Å²) < 4.78 is 0. The van der Waals surface area contributed by atoms with Crippen molar-refractivity contribution in [2.24, 2.45) is 11.8 Å². The zero-order chi connectivity index (χ0) is 6.69. The van der Waals surface area contributed by atoms with Crippen LogP contribution in [0, 0.1) is 5.92 Å². The van der Waals surface area contributed by atoms with Crippen molar-refractivity contribution < 1.29 is 4.84 Å². The van der Waals surface area contributed by atoms with E-state index in [-0.39, 0.29) is 0 Å². The van der Waals surface area contributed by atoms with Crippen molar-refractivity contribution in [3.63, 3.8) is 0 Å². The highest BCUT2D eigenvalue weighted by atomic mass is 16.6. The minimum absolute atomic E-state index is 0.744. The Morgan fingerprint density at radius 3 is 3.00 bits per heavy atom. The highest BCUT2D eigenvalue weighted by Gasteiger charge is 2.10. The molecular weight excluding hydrogens is 114 g/mol. The van der Waals surface area contributed by atoms with Crippen LogP contribution >= 0.6 is 0 Å². The van der Waals surface area contributed by atoms with E-state index in [9.17, 15) is 0 Å². The summed E-state index contributed by atoms with van der Waals surface area (Å²) in [4.78, 5) is 4.62. The quantitative estimate of drug-likeness (QED) is 0.543. The molecule has 0 saturated heterocycles. The maximum Gasteiger partial charge on any atom is 0.120 e. The summed E-state index contributed by atoms with van der Waals surface area (Å²) in [5, 5.41) is 0. The fourth-order valence-electron chi connectivity index (χ4n) is 1.15. The first kappa shape index (κ1) is 6.62. The van der Waals surface area contributed by atoms with E-state index in [4.69, 9.17) is 5.90 Å². The molecule has 1 unspecified atom stereocenters. The van der Waals surface area contributed by atoms with E-state index in [1.165, 1.54) is 6.42 Å². The van der Waals surface area contributed by atoms with Crippen LogP contribution in [-0.2, 0) is 4.84 Å². The standard InChI is InChI=1S/C7H13NO/c1-6-3-2-4-7(5-6)9-8/h4,6H,2-3,5,8H2,1H3. The Labute approximate surface area is 55.6 Å². The Kier molecular flexibility index (Phi) is 2.11. The van der Waals surface area contributed by atoms with Gasteiger partial charge >= 0.3 is 0 Å². The molecule has 0 fully saturated rings. The van der Waals surface area contributed by atoms with Crippen molar-refractivity contribution in [3.05, 3.63) is 11.8 Å². The molecule has 1 atom stereocenters. The number of hydrogen-bond donors (Lipinski definition) is 1. The third-order valence-electron chi connectivity index (χ3n) is 1.73. The van der Waals surface area contributed by atoms with Gasteiger partial charge in [0.05, 0.1) is 0 Å². The Morgan fingerprint density at radius 2 is 2.56 bits per heavy atom. The van der Waals surface area contributed by atoms with E-state index in [0.717, 1.165) is 24.5 Å². The van der Waals surface area contributed by atoms with Crippen molar-refractivity contribution in [3.8, 4) is 0 Å². The second-order valence-electron chi connectivity index (χ2n) is 2.67. The first-order chi connectivity index (χ1) is 4.33. The van der Waals surface area contributed by atoms with Gasteiger partial charge in [-0.05, 0) is 24.8 Å². The van der Waals surface area contributed by atoms with Gasteiger partial charge in [-0.15, -0.1) is 0 Å².